The molecule has 16 heavy (non-hydrogen) atoms. The second-order valence-electron chi connectivity index (χ2n) is 3.51. The van der Waals surface area contributed by atoms with Gasteiger partial charge in [-0.1, -0.05) is 11.6 Å². The highest BCUT2D eigenvalue weighted by Crippen LogP contribution is 2.23. The minimum atomic E-state index is 0.0656. The summed E-state index contributed by atoms with van der Waals surface area (Å²) in [5.41, 5.74) is 1.70. The van der Waals surface area contributed by atoms with Crippen LogP contribution in [0.25, 0.3) is 11.5 Å². The Morgan fingerprint density at radius 3 is 2.62 bits per heavy atom. The Bertz CT molecular complexity index is 476. The Morgan fingerprint density at radius 2 is 2.00 bits per heavy atom. The van der Waals surface area contributed by atoms with Crippen molar-refractivity contribution >= 4 is 11.6 Å². The third kappa shape index (κ3) is 2.26. The molecule has 0 aliphatic heterocycles. The van der Waals surface area contributed by atoms with Crippen LogP contribution in [0.1, 0.15) is 11.5 Å². The first-order chi connectivity index (χ1) is 7.70. The molecular formula is C12H12ClNO2. The molecule has 2 aromatic rings. The van der Waals surface area contributed by atoms with E-state index in [-0.39, 0.29) is 6.61 Å². The molecule has 1 aromatic carbocycles. The number of hydrogen-bond donors (Lipinski definition) is 1. The van der Waals surface area contributed by atoms with E-state index in [4.69, 9.17) is 21.1 Å². The number of halogens is 1. The normalized spacial score (nSPS) is 10.7. The van der Waals surface area contributed by atoms with Crippen molar-refractivity contribution in [2.75, 3.05) is 6.61 Å². The van der Waals surface area contributed by atoms with Gasteiger partial charge in [0.25, 0.3) is 0 Å². The largest absolute Gasteiger partial charge is 0.441 e. The van der Waals surface area contributed by atoms with Gasteiger partial charge in [0.05, 0.1) is 12.3 Å². The molecule has 84 valence electrons. The van der Waals surface area contributed by atoms with Crippen LogP contribution >= 0.6 is 11.6 Å². The number of aliphatic hydroxyl groups is 1. The monoisotopic (exact) mass is 237 g/mol. The topological polar surface area (TPSA) is 46.3 Å². The number of benzene rings is 1. The molecule has 4 heteroatoms. The predicted molar refractivity (Wildman–Crippen MR) is 62.5 cm³/mol. The van der Waals surface area contributed by atoms with Gasteiger partial charge < -0.3 is 9.52 Å². The maximum Gasteiger partial charge on any atom is 0.226 e. The van der Waals surface area contributed by atoms with E-state index < -0.39 is 0 Å². The van der Waals surface area contributed by atoms with E-state index in [1.54, 1.807) is 12.1 Å². The molecule has 1 N–H and O–H groups in total. The van der Waals surface area contributed by atoms with E-state index in [9.17, 15) is 0 Å². The standard InChI is InChI=1S/C12H12ClNO2/c1-8-11(6-7-15)16-12(14-8)9-2-4-10(13)5-3-9/h2-5,15H,6-7H2,1H3. The fraction of sp³-hybridized carbons (Fsp3) is 0.250. The molecule has 1 heterocycles. The lowest BCUT2D eigenvalue weighted by Crippen LogP contribution is -1.89. The van der Waals surface area contributed by atoms with Gasteiger partial charge in [-0.15, -0.1) is 0 Å². The summed E-state index contributed by atoms with van der Waals surface area (Å²) in [6, 6.07) is 7.30. The van der Waals surface area contributed by atoms with Crippen LogP contribution in [0.2, 0.25) is 5.02 Å². The van der Waals surface area contributed by atoms with Gasteiger partial charge in [0.1, 0.15) is 5.76 Å². The Labute approximate surface area is 98.7 Å². The molecule has 0 radical (unpaired) electrons. The molecule has 0 bridgehead atoms. The number of oxazole rings is 1. The summed E-state index contributed by atoms with van der Waals surface area (Å²) in [5, 5.41) is 9.54. The molecule has 1 aromatic heterocycles. The van der Waals surface area contributed by atoms with Crippen LogP contribution in [-0.2, 0) is 6.42 Å². The van der Waals surface area contributed by atoms with Gasteiger partial charge in [-0.3, -0.25) is 0 Å². The van der Waals surface area contributed by atoms with E-state index in [0.717, 1.165) is 17.0 Å². The molecule has 0 fully saturated rings. The van der Waals surface area contributed by atoms with E-state index >= 15 is 0 Å². The van der Waals surface area contributed by atoms with Crippen molar-refractivity contribution in [3.63, 3.8) is 0 Å². The zero-order valence-electron chi connectivity index (χ0n) is 8.90. The summed E-state index contributed by atoms with van der Waals surface area (Å²) in [5.74, 6) is 1.30. The number of aryl methyl sites for hydroxylation is 1. The molecule has 0 unspecified atom stereocenters. The summed E-state index contributed by atoms with van der Waals surface area (Å²) >= 11 is 5.80. The maximum absolute atomic E-state index is 8.86. The lowest BCUT2D eigenvalue weighted by atomic mass is 10.2. The molecule has 0 aliphatic rings. The van der Waals surface area contributed by atoms with Crippen LogP contribution in [0.4, 0.5) is 0 Å². The van der Waals surface area contributed by atoms with Crippen molar-refractivity contribution in [1.82, 2.24) is 4.98 Å². The molecule has 0 saturated heterocycles. The van der Waals surface area contributed by atoms with Crippen molar-refractivity contribution < 1.29 is 9.52 Å². The quantitative estimate of drug-likeness (QED) is 0.893. The highest BCUT2D eigenvalue weighted by atomic mass is 35.5. The SMILES string of the molecule is Cc1nc(-c2ccc(Cl)cc2)oc1CCO. The fourth-order valence-electron chi connectivity index (χ4n) is 1.48. The summed E-state index contributed by atoms with van der Waals surface area (Å²) in [6.45, 7) is 1.93. The molecule has 0 aliphatic carbocycles. The number of nitrogens with zero attached hydrogens (tertiary/aromatic N) is 1. The molecule has 3 nitrogen and oxygen atoms in total. The molecule has 0 saturated carbocycles. The van der Waals surface area contributed by atoms with Crippen LogP contribution < -0.4 is 0 Å². The van der Waals surface area contributed by atoms with Gasteiger partial charge in [-0.2, -0.15) is 0 Å². The van der Waals surface area contributed by atoms with Crippen molar-refractivity contribution in [3.8, 4) is 11.5 Å². The van der Waals surface area contributed by atoms with Crippen molar-refractivity contribution in [3.05, 3.63) is 40.7 Å². The van der Waals surface area contributed by atoms with Gasteiger partial charge in [0.15, 0.2) is 0 Å². The second kappa shape index (κ2) is 4.68. The van der Waals surface area contributed by atoms with Crippen molar-refractivity contribution in [2.24, 2.45) is 0 Å². The Balaban J connectivity index is 2.33. The number of aliphatic hydroxyl groups excluding tert-OH is 1. The molecule has 0 spiro atoms. The molecule has 0 atom stereocenters. The molecule has 2 rings (SSSR count). The average molecular weight is 238 g/mol. The first-order valence-corrected chi connectivity index (χ1v) is 5.41. The third-order valence-corrected chi connectivity index (χ3v) is 2.57. The molecular weight excluding hydrogens is 226 g/mol. The summed E-state index contributed by atoms with van der Waals surface area (Å²) in [7, 11) is 0. The van der Waals surface area contributed by atoms with Crippen LogP contribution in [0, 0.1) is 6.92 Å². The summed E-state index contributed by atoms with van der Waals surface area (Å²) < 4.78 is 5.57. The van der Waals surface area contributed by atoms with Gasteiger partial charge >= 0.3 is 0 Å². The van der Waals surface area contributed by atoms with E-state index in [0.29, 0.717) is 17.3 Å². The number of aromatic nitrogens is 1. The fourth-order valence-corrected chi connectivity index (χ4v) is 1.60. The maximum atomic E-state index is 8.86. The first-order valence-electron chi connectivity index (χ1n) is 5.04. The van der Waals surface area contributed by atoms with Gasteiger partial charge in [0, 0.05) is 17.0 Å². The van der Waals surface area contributed by atoms with Crippen molar-refractivity contribution in [1.29, 1.82) is 0 Å². The first kappa shape index (κ1) is 11.2. The van der Waals surface area contributed by atoms with Crippen LogP contribution in [-0.4, -0.2) is 16.7 Å². The minimum absolute atomic E-state index is 0.0656. The lowest BCUT2D eigenvalue weighted by Gasteiger charge is -1.95. The van der Waals surface area contributed by atoms with Crippen LogP contribution in [0.15, 0.2) is 28.7 Å². The Kier molecular flexibility index (Phi) is 3.27. The van der Waals surface area contributed by atoms with E-state index in [1.165, 1.54) is 0 Å². The van der Waals surface area contributed by atoms with Gasteiger partial charge in [-0.25, -0.2) is 4.98 Å². The third-order valence-electron chi connectivity index (χ3n) is 2.32. The van der Waals surface area contributed by atoms with Gasteiger partial charge in [0.2, 0.25) is 5.89 Å². The van der Waals surface area contributed by atoms with Gasteiger partial charge in [-0.05, 0) is 31.2 Å². The second-order valence-corrected chi connectivity index (χ2v) is 3.94. The lowest BCUT2D eigenvalue weighted by molar-refractivity contribution is 0.288. The Hall–Kier alpha value is -1.32. The predicted octanol–water partition coefficient (Wildman–Crippen LogP) is 2.84. The highest BCUT2D eigenvalue weighted by Gasteiger charge is 2.10. The zero-order valence-corrected chi connectivity index (χ0v) is 9.66. The minimum Gasteiger partial charge on any atom is -0.441 e. The summed E-state index contributed by atoms with van der Waals surface area (Å²) in [4.78, 5) is 4.31. The number of hydrogen-bond acceptors (Lipinski definition) is 3. The Morgan fingerprint density at radius 1 is 1.31 bits per heavy atom. The molecule has 0 amide bonds. The number of rotatable bonds is 3. The highest BCUT2D eigenvalue weighted by molar-refractivity contribution is 6.30. The smallest absolute Gasteiger partial charge is 0.226 e. The van der Waals surface area contributed by atoms with Crippen LogP contribution in [0.3, 0.4) is 0 Å². The van der Waals surface area contributed by atoms with E-state index in [2.05, 4.69) is 4.98 Å². The average Bonchev–Trinajstić information content (AvgIpc) is 2.62. The van der Waals surface area contributed by atoms with E-state index in [1.807, 2.05) is 19.1 Å². The van der Waals surface area contributed by atoms with Crippen LogP contribution in [0.5, 0.6) is 0 Å². The van der Waals surface area contributed by atoms with Crippen molar-refractivity contribution in [2.45, 2.75) is 13.3 Å². The summed E-state index contributed by atoms with van der Waals surface area (Å²) in [6.07, 6.45) is 0.492. The zero-order chi connectivity index (χ0) is 11.5.